The number of fused-ring (bicyclic) bond motifs is 2. The van der Waals surface area contributed by atoms with Gasteiger partial charge in [0.25, 0.3) is 0 Å². The van der Waals surface area contributed by atoms with Crippen molar-refractivity contribution in [3.8, 4) is 17.3 Å². The van der Waals surface area contributed by atoms with Crippen molar-refractivity contribution < 1.29 is 9.90 Å². The number of anilines is 2. The molecule has 1 amide bonds. The number of unbranched alkanes of at least 4 members (excludes halogenated alkanes) is 1. The molecule has 0 radical (unpaired) electrons. The van der Waals surface area contributed by atoms with Crippen molar-refractivity contribution in [3.63, 3.8) is 0 Å². The Bertz CT molecular complexity index is 1350. The summed E-state index contributed by atoms with van der Waals surface area (Å²) in [7, 11) is 0. The summed E-state index contributed by atoms with van der Waals surface area (Å²) < 4.78 is 1.65. The zero-order chi connectivity index (χ0) is 22.5. The first-order valence-corrected chi connectivity index (χ1v) is 10.4. The molecule has 1 aromatic carbocycles. The van der Waals surface area contributed by atoms with Gasteiger partial charge in [-0.2, -0.15) is 5.10 Å². The molecular formula is C22H22N8O2. The van der Waals surface area contributed by atoms with Crippen LogP contribution >= 0.6 is 0 Å². The summed E-state index contributed by atoms with van der Waals surface area (Å²) in [5, 5.41) is 16.7. The molecule has 0 bridgehead atoms. The Labute approximate surface area is 183 Å². The Balaban J connectivity index is 1.63. The smallest absolute Gasteiger partial charge is 0.240 e. The van der Waals surface area contributed by atoms with Crippen LogP contribution in [0.1, 0.15) is 43.5 Å². The number of nitrogen functional groups attached to an aromatic ring is 1. The van der Waals surface area contributed by atoms with E-state index in [0.717, 1.165) is 25.0 Å². The van der Waals surface area contributed by atoms with Gasteiger partial charge >= 0.3 is 0 Å². The number of benzene rings is 1. The molecular weight excluding hydrogens is 408 g/mol. The lowest BCUT2D eigenvalue weighted by Crippen LogP contribution is -2.32. The third-order valence-electron chi connectivity index (χ3n) is 5.90. The molecule has 0 saturated heterocycles. The maximum atomic E-state index is 13.0. The zero-order valence-electron chi connectivity index (χ0n) is 17.7. The molecule has 3 aromatic heterocycles. The van der Waals surface area contributed by atoms with Crippen molar-refractivity contribution in [3.05, 3.63) is 53.6 Å². The first-order valence-electron chi connectivity index (χ1n) is 10.4. The van der Waals surface area contributed by atoms with Gasteiger partial charge in [-0.15, -0.1) is 0 Å². The van der Waals surface area contributed by atoms with Crippen LogP contribution in [0.4, 0.5) is 11.6 Å². The predicted molar refractivity (Wildman–Crippen MR) is 118 cm³/mol. The van der Waals surface area contributed by atoms with Gasteiger partial charge in [0, 0.05) is 0 Å². The third-order valence-corrected chi connectivity index (χ3v) is 5.90. The highest BCUT2D eigenvalue weighted by molar-refractivity contribution is 6.09. The number of aryl methyl sites for hydroxylation is 1. The molecule has 10 heteroatoms. The molecule has 32 heavy (non-hydrogen) atoms. The van der Waals surface area contributed by atoms with Crippen LogP contribution in [0, 0.1) is 0 Å². The van der Waals surface area contributed by atoms with E-state index in [0.29, 0.717) is 34.1 Å². The molecule has 0 saturated carbocycles. The number of amides is 1. The van der Waals surface area contributed by atoms with Crippen LogP contribution in [0.3, 0.4) is 0 Å². The summed E-state index contributed by atoms with van der Waals surface area (Å²) >= 11 is 0. The minimum absolute atomic E-state index is 0.115. The number of nitrogens with two attached hydrogens (primary N) is 1. The van der Waals surface area contributed by atoms with E-state index in [9.17, 15) is 9.90 Å². The monoisotopic (exact) mass is 430 g/mol. The summed E-state index contributed by atoms with van der Waals surface area (Å²) in [6.45, 7) is 3.88. The van der Waals surface area contributed by atoms with E-state index in [1.54, 1.807) is 29.8 Å². The Morgan fingerprint density at radius 1 is 1.19 bits per heavy atom. The summed E-state index contributed by atoms with van der Waals surface area (Å²) in [4.78, 5) is 31.1. The normalized spacial score (nSPS) is 17.5. The lowest BCUT2D eigenvalue weighted by Gasteiger charge is -2.23. The third kappa shape index (κ3) is 2.95. The van der Waals surface area contributed by atoms with Crippen molar-refractivity contribution in [2.75, 3.05) is 11.1 Å². The number of nitrogens with one attached hydrogen (secondary N) is 1. The number of phenols is 1. The number of rotatable bonds is 5. The van der Waals surface area contributed by atoms with Gasteiger partial charge in [-0.05, 0) is 37.5 Å². The van der Waals surface area contributed by atoms with E-state index >= 15 is 0 Å². The van der Waals surface area contributed by atoms with Crippen molar-refractivity contribution in [1.82, 2.24) is 29.5 Å². The molecule has 1 atom stereocenters. The van der Waals surface area contributed by atoms with Crippen LogP contribution in [0.5, 0.6) is 5.75 Å². The Morgan fingerprint density at radius 2 is 1.97 bits per heavy atom. The molecule has 10 nitrogen and oxygen atoms in total. The number of nitrogens with zero attached hydrogens (tertiary/aromatic N) is 6. The van der Waals surface area contributed by atoms with Crippen LogP contribution in [-0.2, 0) is 16.6 Å². The number of hydrogen-bond donors (Lipinski definition) is 3. The zero-order valence-corrected chi connectivity index (χ0v) is 17.7. The highest BCUT2D eigenvalue weighted by Crippen LogP contribution is 2.45. The molecule has 4 heterocycles. The molecule has 5 rings (SSSR count). The van der Waals surface area contributed by atoms with Crippen LogP contribution in [0.15, 0.2) is 36.8 Å². The molecule has 0 aliphatic carbocycles. The number of carbonyl (C=O) groups is 1. The lowest BCUT2D eigenvalue weighted by molar-refractivity contribution is -0.119. The standard InChI is InChI=1S/C22H22N8O2/c1-3-4-5-14-20-24-11-25-30(20)10-15(26-14)18-27-17(23)16-19(28-18)29-21(32)22(16,2)12-6-8-13(31)9-7-12/h6-11,31H,3-5H2,1-2H3,(H3,23,27,28,29,32). The number of phenolic OH excluding ortho intramolecular Hbond substituents is 1. The number of carbonyl (C=O) groups excluding carboxylic acids is 1. The van der Waals surface area contributed by atoms with Gasteiger partial charge in [-0.25, -0.2) is 24.5 Å². The summed E-state index contributed by atoms with van der Waals surface area (Å²) in [5.41, 5.74) is 8.48. The quantitative estimate of drug-likeness (QED) is 0.438. The maximum absolute atomic E-state index is 13.0. The fraction of sp³-hybridized carbons (Fsp3) is 0.273. The lowest BCUT2D eigenvalue weighted by atomic mass is 9.78. The van der Waals surface area contributed by atoms with Gasteiger partial charge in [0.1, 0.15) is 34.8 Å². The average Bonchev–Trinajstić information content (AvgIpc) is 3.35. The summed E-state index contributed by atoms with van der Waals surface area (Å²) in [5.74, 6) is 0.688. The first kappa shape index (κ1) is 19.9. The van der Waals surface area contributed by atoms with Crippen LogP contribution in [0.2, 0.25) is 0 Å². The molecule has 0 fully saturated rings. The van der Waals surface area contributed by atoms with Crippen molar-refractivity contribution in [2.45, 2.75) is 38.5 Å². The van der Waals surface area contributed by atoms with Gasteiger partial charge in [0.05, 0.1) is 17.5 Å². The number of hydrogen-bond acceptors (Lipinski definition) is 8. The van der Waals surface area contributed by atoms with Gasteiger partial charge < -0.3 is 16.2 Å². The Morgan fingerprint density at radius 3 is 2.72 bits per heavy atom. The number of aromatic nitrogens is 6. The van der Waals surface area contributed by atoms with E-state index < -0.39 is 5.41 Å². The van der Waals surface area contributed by atoms with Gasteiger partial charge in [-0.1, -0.05) is 25.5 Å². The van der Waals surface area contributed by atoms with Crippen molar-refractivity contribution in [1.29, 1.82) is 0 Å². The molecule has 1 unspecified atom stereocenters. The fourth-order valence-corrected chi connectivity index (χ4v) is 4.10. The van der Waals surface area contributed by atoms with E-state index in [4.69, 9.17) is 10.7 Å². The second-order valence-electron chi connectivity index (χ2n) is 7.99. The molecule has 1 aliphatic heterocycles. The van der Waals surface area contributed by atoms with Gasteiger partial charge in [0.2, 0.25) is 5.91 Å². The van der Waals surface area contributed by atoms with E-state index in [-0.39, 0.29) is 17.5 Å². The van der Waals surface area contributed by atoms with Gasteiger partial charge in [-0.3, -0.25) is 4.79 Å². The minimum atomic E-state index is -1.08. The fourth-order valence-electron chi connectivity index (χ4n) is 4.10. The molecule has 4 N–H and O–H groups in total. The molecule has 162 valence electrons. The Hall–Kier alpha value is -4.08. The molecule has 1 aliphatic rings. The highest BCUT2D eigenvalue weighted by Gasteiger charge is 2.47. The van der Waals surface area contributed by atoms with E-state index in [1.165, 1.54) is 18.5 Å². The first-order chi connectivity index (χ1) is 15.4. The van der Waals surface area contributed by atoms with Crippen LogP contribution in [0.25, 0.3) is 17.2 Å². The maximum Gasteiger partial charge on any atom is 0.240 e. The average molecular weight is 430 g/mol. The Kier molecular flexibility index (Phi) is 4.50. The predicted octanol–water partition coefficient (Wildman–Crippen LogP) is 2.47. The van der Waals surface area contributed by atoms with Crippen LogP contribution in [-0.4, -0.2) is 40.6 Å². The largest absolute Gasteiger partial charge is 0.508 e. The van der Waals surface area contributed by atoms with E-state index in [2.05, 4.69) is 32.3 Å². The molecule has 0 spiro atoms. The summed E-state index contributed by atoms with van der Waals surface area (Å²) in [6, 6.07) is 6.45. The minimum Gasteiger partial charge on any atom is -0.508 e. The number of aromatic hydroxyl groups is 1. The SMILES string of the molecule is CCCCc1nc(-c2nc(N)c3c(n2)NC(=O)C3(C)c2ccc(O)cc2)cn2ncnc12. The van der Waals surface area contributed by atoms with Crippen molar-refractivity contribution >= 4 is 23.2 Å². The second-order valence-corrected chi connectivity index (χ2v) is 7.99. The van der Waals surface area contributed by atoms with Crippen molar-refractivity contribution in [2.24, 2.45) is 0 Å². The molecule has 4 aromatic rings. The highest BCUT2D eigenvalue weighted by atomic mass is 16.3. The summed E-state index contributed by atoms with van der Waals surface area (Å²) in [6.07, 6.45) is 5.93. The van der Waals surface area contributed by atoms with Gasteiger partial charge in [0.15, 0.2) is 11.5 Å². The van der Waals surface area contributed by atoms with Crippen LogP contribution < -0.4 is 11.1 Å². The van der Waals surface area contributed by atoms with E-state index in [1.807, 2.05) is 0 Å². The second kappa shape index (κ2) is 7.26. The topological polar surface area (TPSA) is 144 Å².